The van der Waals surface area contributed by atoms with Gasteiger partial charge in [0.2, 0.25) is 5.91 Å². The second-order valence-corrected chi connectivity index (χ2v) is 9.09. The fourth-order valence-electron chi connectivity index (χ4n) is 2.48. The molecular formula is C19H24BrN3O3S. The summed E-state index contributed by atoms with van der Waals surface area (Å²) in [7, 11) is 0.0566. The highest BCUT2D eigenvalue weighted by Gasteiger charge is 2.27. The highest BCUT2D eigenvalue weighted by Crippen LogP contribution is 2.26. The third-order valence-corrected chi connectivity index (χ3v) is 6.10. The molecule has 0 saturated carbocycles. The molecule has 1 N–H and O–H groups in total. The van der Waals surface area contributed by atoms with Crippen LogP contribution in [-0.4, -0.2) is 53.0 Å². The molecule has 0 bridgehead atoms. The Morgan fingerprint density at radius 2 is 1.78 bits per heavy atom. The number of nitrogens with one attached hydrogen (secondary N) is 1. The standard InChI is InChI=1S/C19H24BrN3O3S/c1-22(2)13-7-12-21-19(24)15-23(17-9-6-8-16(20)14-17)27(25,26)18-10-4-3-5-11-18/h3-6,8-11,14H,7,12-13,15H2,1-2H3,(H,21,24). The molecular weight excluding hydrogens is 430 g/mol. The van der Waals surface area contributed by atoms with Crippen LogP contribution in [0.3, 0.4) is 0 Å². The van der Waals surface area contributed by atoms with Gasteiger partial charge < -0.3 is 10.2 Å². The van der Waals surface area contributed by atoms with Crippen molar-refractivity contribution in [1.29, 1.82) is 0 Å². The molecule has 0 atom stereocenters. The number of rotatable bonds is 9. The minimum absolute atomic E-state index is 0.144. The molecule has 0 heterocycles. The summed E-state index contributed by atoms with van der Waals surface area (Å²) in [6, 6.07) is 15.0. The molecule has 0 aliphatic rings. The van der Waals surface area contributed by atoms with E-state index in [1.807, 2.05) is 19.0 Å². The lowest BCUT2D eigenvalue weighted by molar-refractivity contribution is -0.119. The Morgan fingerprint density at radius 1 is 1.07 bits per heavy atom. The number of benzene rings is 2. The monoisotopic (exact) mass is 453 g/mol. The highest BCUT2D eigenvalue weighted by molar-refractivity contribution is 9.10. The third kappa shape index (κ3) is 6.34. The van der Waals surface area contributed by atoms with Crippen LogP contribution in [-0.2, 0) is 14.8 Å². The summed E-state index contributed by atoms with van der Waals surface area (Å²) in [5.41, 5.74) is 0.427. The first-order valence-corrected chi connectivity index (χ1v) is 10.8. The maximum atomic E-state index is 13.1. The number of sulfonamides is 1. The zero-order valence-corrected chi connectivity index (χ0v) is 17.8. The van der Waals surface area contributed by atoms with Crippen LogP contribution in [0.4, 0.5) is 5.69 Å². The summed E-state index contributed by atoms with van der Waals surface area (Å²) in [5, 5.41) is 2.79. The number of carbonyl (C=O) groups is 1. The van der Waals surface area contributed by atoms with E-state index in [0.29, 0.717) is 12.2 Å². The summed E-state index contributed by atoms with van der Waals surface area (Å²) >= 11 is 3.36. The van der Waals surface area contributed by atoms with E-state index < -0.39 is 10.0 Å². The SMILES string of the molecule is CN(C)CCCNC(=O)CN(c1cccc(Br)c1)S(=O)(=O)c1ccccc1. The largest absolute Gasteiger partial charge is 0.354 e. The molecule has 0 saturated heterocycles. The molecule has 0 aromatic heterocycles. The van der Waals surface area contributed by atoms with E-state index in [-0.39, 0.29) is 17.3 Å². The maximum Gasteiger partial charge on any atom is 0.264 e. The van der Waals surface area contributed by atoms with Gasteiger partial charge >= 0.3 is 0 Å². The maximum absolute atomic E-state index is 13.1. The number of anilines is 1. The van der Waals surface area contributed by atoms with Crippen molar-refractivity contribution in [2.24, 2.45) is 0 Å². The Labute approximate surface area is 169 Å². The molecule has 0 radical (unpaired) electrons. The first-order chi connectivity index (χ1) is 12.8. The number of amides is 1. The van der Waals surface area contributed by atoms with Crippen LogP contribution >= 0.6 is 15.9 Å². The Hall–Kier alpha value is -1.90. The Bertz CT molecular complexity index is 858. The van der Waals surface area contributed by atoms with Gasteiger partial charge in [-0.05, 0) is 57.4 Å². The topological polar surface area (TPSA) is 69.7 Å². The van der Waals surface area contributed by atoms with Gasteiger partial charge in [0.05, 0.1) is 10.6 Å². The highest BCUT2D eigenvalue weighted by atomic mass is 79.9. The van der Waals surface area contributed by atoms with Crippen molar-refractivity contribution in [2.75, 3.05) is 38.0 Å². The quantitative estimate of drug-likeness (QED) is 0.592. The van der Waals surface area contributed by atoms with Crippen LogP contribution in [0, 0.1) is 0 Å². The molecule has 6 nitrogen and oxygen atoms in total. The normalized spacial score (nSPS) is 11.4. The van der Waals surface area contributed by atoms with Gasteiger partial charge in [-0.1, -0.05) is 40.2 Å². The van der Waals surface area contributed by atoms with E-state index in [1.54, 1.807) is 42.5 Å². The van der Waals surface area contributed by atoms with Gasteiger partial charge in [-0.2, -0.15) is 0 Å². The molecule has 2 aromatic rings. The zero-order chi connectivity index (χ0) is 19.9. The molecule has 0 fully saturated rings. The van der Waals surface area contributed by atoms with Gasteiger partial charge in [0.15, 0.2) is 0 Å². The van der Waals surface area contributed by atoms with Crippen LogP contribution in [0.1, 0.15) is 6.42 Å². The van der Waals surface area contributed by atoms with Crippen LogP contribution in [0.2, 0.25) is 0 Å². The van der Waals surface area contributed by atoms with Gasteiger partial charge in [-0.25, -0.2) is 8.42 Å². The van der Waals surface area contributed by atoms with Crippen molar-refractivity contribution in [3.8, 4) is 0 Å². The molecule has 0 aliphatic heterocycles. The summed E-state index contributed by atoms with van der Waals surface area (Å²) in [6.45, 7) is 1.06. The first kappa shape index (κ1) is 21.4. The zero-order valence-electron chi connectivity index (χ0n) is 15.4. The van der Waals surface area contributed by atoms with Crippen molar-refractivity contribution >= 4 is 37.5 Å². The second-order valence-electron chi connectivity index (χ2n) is 6.31. The first-order valence-electron chi connectivity index (χ1n) is 8.55. The number of hydrogen-bond acceptors (Lipinski definition) is 4. The molecule has 0 spiro atoms. The van der Waals surface area contributed by atoms with Gasteiger partial charge in [-0.15, -0.1) is 0 Å². The van der Waals surface area contributed by atoms with Crippen LogP contribution in [0.25, 0.3) is 0 Å². The Morgan fingerprint density at radius 3 is 2.41 bits per heavy atom. The number of nitrogens with zero attached hydrogens (tertiary/aromatic N) is 2. The number of halogens is 1. The van der Waals surface area contributed by atoms with E-state index in [2.05, 4.69) is 21.2 Å². The van der Waals surface area contributed by atoms with Gasteiger partial charge in [0, 0.05) is 11.0 Å². The number of hydrogen-bond donors (Lipinski definition) is 1. The average Bonchev–Trinajstić information content (AvgIpc) is 2.63. The van der Waals surface area contributed by atoms with Gasteiger partial charge in [0.1, 0.15) is 6.54 Å². The van der Waals surface area contributed by atoms with Gasteiger partial charge in [-0.3, -0.25) is 9.10 Å². The Kier molecular flexibility index (Phi) is 7.82. The minimum Gasteiger partial charge on any atom is -0.354 e. The summed E-state index contributed by atoms with van der Waals surface area (Å²) in [4.78, 5) is 14.6. The molecule has 8 heteroatoms. The number of carbonyl (C=O) groups excluding carboxylic acids is 1. The van der Waals surface area contributed by atoms with E-state index in [4.69, 9.17) is 0 Å². The summed E-state index contributed by atoms with van der Waals surface area (Å²) < 4.78 is 28.1. The lowest BCUT2D eigenvalue weighted by atomic mass is 10.3. The fraction of sp³-hybridized carbons (Fsp3) is 0.316. The second kappa shape index (κ2) is 9.87. The Balaban J connectivity index is 2.22. The van der Waals surface area contributed by atoms with E-state index >= 15 is 0 Å². The lowest BCUT2D eigenvalue weighted by Gasteiger charge is -2.24. The average molecular weight is 454 g/mol. The lowest BCUT2D eigenvalue weighted by Crippen LogP contribution is -2.41. The van der Waals surface area contributed by atoms with Crippen molar-refractivity contribution in [1.82, 2.24) is 10.2 Å². The minimum atomic E-state index is -3.87. The van der Waals surface area contributed by atoms with Crippen molar-refractivity contribution in [3.63, 3.8) is 0 Å². The van der Waals surface area contributed by atoms with Crippen molar-refractivity contribution in [2.45, 2.75) is 11.3 Å². The summed E-state index contributed by atoms with van der Waals surface area (Å²) in [5.74, 6) is -0.340. The van der Waals surface area contributed by atoms with Crippen molar-refractivity contribution in [3.05, 3.63) is 59.1 Å². The van der Waals surface area contributed by atoms with Crippen LogP contribution in [0.5, 0.6) is 0 Å². The molecule has 0 aliphatic carbocycles. The molecule has 1 amide bonds. The van der Waals surface area contributed by atoms with E-state index in [9.17, 15) is 13.2 Å². The molecule has 27 heavy (non-hydrogen) atoms. The van der Waals surface area contributed by atoms with Crippen LogP contribution in [0.15, 0.2) is 64.0 Å². The van der Waals surface area contributed by atoms with Crippen LogP contribution < -0.4 is 9.62 Å². The van der Waals surface area contributed by atoms with Gasteiger partial charge in [0.25, 0.3) is 10.0 Å². The molecule has 2 aromatic carbocycles. The van der Waals surface area contributed by atoms with Crippen molar-refractivity contribution < 1.29 is 13.2 Å². The fourth-order valence-corrected chi connectivity index (χ4v) is 4.30. The smallest absolute Gasteiger partial charge is 0.264 e. The summed E-state index contributed by atoms with van der Waals surface area (Å²) in [6.07, 6.45) is 0.793. The molecule has 2 rings (SSSR count). The van der Waals surface area contributed by atoms with E-state index in [0.717, 1.165) is 21.7 Å². The predicted octanol–water partition coefficient (Wildman–Crippen LogP) is 2.71. The molecule has 146 valence electrons. The molecule has 0 unspecified atom stereocenters. The third-order valence-electron chi connectivity index (χ3n) is 3.82. The van der Waals surface area contributed by atoms with E-state index in [1.165, 1.54) is 12.1 Å². The predicted molar refractivity (Wildman–Crippen MR) is 111 cm³/mol.